The standard InChI is InChI=1S/C11H15F3N2O2S/c12-11(13,14)6-1-2-7-16-19(17,18)10-5-3-4-9(15)8-10/h3-5,8,16H,1-2,6-7,15H2. The van der Waals surface area contributed by atoms with Crippen LogP contribution in [0.25, 0.3) is 0 Å². The number of hydrogen-bond donors (Lipinski definition) is 2. The van der Waals surface area contributed by atoms with Crippen LogP contribution in [0, 0.1) is 0 Å². The van der Waals surface area contributed by atoms with E-state index in [9.17, 15) is 21.6 Å². The van der Waals surface area contributed by atoms with Gasteiger partial charge in [0.2, 0.25) is 10.0 Å². The minimum atomic E-state index is -4.20. The largest absolute Gasteiger partial charge is 0.399 e. The van der Waals surface area contributed by atoms with Crippen molar-refractivity contribution < 1.29 is 21.6 Å². The van der Waals surface area contributed by atoms with Crippen molar-refractivity contribution in [3.63, 3.8) is 0 Å². The number of alkyl halides is 3. The molecule has 0 saturated carbocycles. The predicted molar refractivity (Wildman–Crippen MR) is 65.9 cm³/mol. The van der Waals surface area contributed by atoms with Gasteiger partial charge in [0.25, 0.3) is 0 Å². The molecule has 0 aliphatic carbocycles. The van der Waals surface area contributed by atoms with Crippen molar-refractivity contribution in [3.05, 3.63) is 24.3 Å². The summed E-state index contributed by atoms with van der Waals surface area (Å²) in [6.45, 7) is -0.0345. The zero-order valence-electron chi connectivity index (χ0n) is 10.1. The van der Waals surface area contributed by atoms with Crippen LogP contribution in [0.1, 0.15) is 19.3 Å². The van der Waals surface area contributed by atoms with E-state index in [0.29, 0.717) is 5.69 Å². The third-order valence-corrected chi connectivity index (χ3v) is 3.81. The van der Waals surface area contributed by atoms with Crippen molar-refractivity contribution in [2.75, 3.05) is 12.3 Å². The summed E-state index contributed by atoms with van der Waals surface area (Å²) >= 11 is 0. The van der Waals surface area contributed by atoms with Gasteiger partial charge >= 0.3 is 6.18 Å². The lowest BCUT2D eigenvalue weighted by molar-refractivity contribution is -0.135. The Balaban J connectivity index is 2.44. The number of rotatable bonds is 6. The average molecular weight is 296 g/mol. The van der Waals surface area contributed by atoms with Crippen LogP contribution in [0.3, 0.4) is 0 Å². The molecule has 0 aromatic heterocycles. The van der Waals surface area contributed by atoms with E-state index >= 15 is 0 Å². The molecular weight excluding hydrogens is 281 g/mol. The Morgan fingerprint density at radius 2 is 1.89 bits per heavy atom. The van der Waals surface area contributed by atoms with E-state index in [2.05, 4.69) is 4.72 Å². The Kier molecular flexibility index (Phi) is 5.19. The molecule has 4 nitrogen and oxygen atoms in total. The lowest BCUT2D eigenvalue weighted by Crippen LogP contribution is -2.25. The van der Waals surface area contributed by atoms with E-state index in [1.807, 2.05) is 0 Å². The van der Waals surface area contributed by atoms with E-state index in [1.165, 1.54) is 18.2 Å². The lowest BCUT2D eigenvalue weighted by atomic mass is 10.2. The molecule has 0 amide bonds. The molecule has 1 aromatic carbocycles. The molecule has 0 aliphatic heterocycles. The molecule has 0 atom stereocenters. The van der Waals surface area contributed by atoms with Gasteiger partial charge in [0, 0.05) is 18.7 Å². The van der Waals surface area contributed by atoms with Gasteiger partial charge in [-0.1, -0.05) is 6.07 Å². The van der Waals surface area contributed by atoms with Gasteiger partial charge < -0.3 is 5.73 Å². The fraction of sp³-hybridized carbons (Fsp3) is 0.455. The number of anilines is 1. The zero-order chi connectivity index (χ0) is 14.5. The van der Waals surface area contributed by atoms with Gasteiger partial charge in [-0.2, -0.15) is 13.2 Å². The van der Waals surface area contributed by atoms with E-state index in [0.717, 1.165) is 0 Å². The maximum Gasteiger partial charge on any atom is 0.389 e. The van der Waals surface area contributed by atoms with Crippen molar-refractivity contribution in [3.8, 4) is 0 Å². The van der Waals surface area contributed by atoms with Gasteiger partial charge in [0.15, 0.2) is 0 Å². The van der Waals surface area contributed by atoms with Gasteiger partial charge in [-0.05, 0) is 31.0 Å². The summed E-state index contributed by atoms with van der Waals surface area (Å²) in [6, 6.07) is 5.70. The van der Waals surface area contributed by atoms with Gasteiger partial charge in [-0.15, -0.1) is 0 Å². The predicted octanol–water partition coefficient (Wildman–Crippen LogP) is 2.28. The van der Waals surface area contributed by atoms with E-state index in [1.54, 1.807) is 6.07 Å². The fourth-order valence-electron chi connectivity index (χ4n) is 1.42. The van der Waals surface area contributed by atoms with Gasteiger partial charge in [0.05, 0.1) is 4.90 Å². The highest BCUT2D eigenvalue weighted by atomic mass is 32.2. The van der Waals surface area contributed by atoms with Crippen LogP contribution >= 0.6 is 0 Å². The summed E-state index contributed by atoms with van der Waals surface area (Å²) in [4.78, 5) is 0.00308. The monoisotopic (exact) mass is 296 g/mol. The molecule has 0 radical (unpaired) electrons. The van der Waals surface area contributed by atoms with E-state index in [4.69, 9.17) is 5.73 Å². The summed E-state index contributed by atoms with van der Waals surface area (Å²) in [7, 11) is -3.71. The molecule has 19 heavy (non-hydrogen) atoms. The average Bonchev–Trinajstić information content (AvgIpc) is 2.27. The fourth-order valence-corrected chi connectivity index (χ4v) is 2.55. The van der Waals surface area contributed by atoms with E-state index < -0.39 is 22.6 Å². The van der Waals surface area contributed by atoms with Crippen molar-refractivity contribution >= 4 is 15.7 Å². The van der Waals surface area contributed by atoms with Crippen molar-refractivity contribution in [2.45, 2.75) is 30.3 Å². The lowest BCUT2D eigenvalue weighted by Gasteiger charge is -2.08. The van der Waals surface area contributed by atoms with Crippen LogP contribution in [0.2, 0.25) is 0 Å². The first-order valence-electron chi connectivity index (χ1n) is 5.63. The number of unbranched alkanes of at least 4 members (excludes halogenated alkanes) is 1. The highest BCUT2D eigenvalue weighted by Crippen LogP contribution is 2.22. The Bertz CT molecular complexity index is 515. The number of hydrogen-bond acceptors (Lipinski definition) is 3. The zero-order valence-corrected chi connectivity index (χ0v) is 10.9. The second-order valence-electron chi connectivity index (χ2n) is 4.04. The molecule has 0 saturated heterocycles. The third-order valence-electron chi connectivity index (χ3n) is 2.35. The molecule has 0 fully saturated rings. The number of nitrogens with one attached hydrogen (secondary N) is 1. The Morgan fingerprint density at radius 3 is 2.47 bits per heavy atom. The Morgan fingerprint density at radius 1 is 1.21 bits per heavy atom. The number of sulfonamides is 1. The van der Waals surface area contributed by atoms with Crippen LogP contribution < -0.4 is 10.5 Å². The minimum Gasteiger partial charge on any atom is -0.399 e. The van der Waals surface area contributed by atoms with Crippen LogP contribution in [0.5, 0.6) is 0 Å². The number of benzene rings is 1. The van der Waals surface area contributed by atoms with Gasteiger partial charge in [-0.25, -0.2) is 13.1 Å². The Hall–Kier alpha value is -1.28. The van der Waals surface area contributed by atoms with Gasteiger partial charge in [-0.3, -0.25) is 0 Å². The normalized spacial score (nSPS) is 12.6. The number of nitrogens with two attached hydrogens (primary N) is 1. The SMILES string of the molecule is Nc1cccc(S(=O)(=O)NCCCCC(F)(F)F)c1. The van der Waals surface area contributed by atoms with Crippen molar-refractivity contribution in [2.24, 2.45) is 0 Å². The summed E-state index contributed by atoms with van der Waals surface area (Å²) in [6.07, 6.45) is -5.09. The second-order valence-corrected chi connectivity index (χ2v) is 5.81. The summed E-state index contributed by atoms with van der Waals surface area (Å²) < 4.78 is 61.4. The molecule has 0 bridgehead atoms. The van der Waals surface area contributed by atoms with Crippen molar-refractivity contribution in [1.82, 2.24) is 4.72 Å². The number of halogens is 3. The molecule has 0 heterocycles. The maximum absolute atomic E-state index is 11.9. The summed E-state index contributed by atoms with van der Waals surface area (Å²) in [5.74, 6) is 0. The first-order chi connectivity index (χ1) is 8.71. The third kappa shape index (κ3) is 5.93. The van der Waals surface area contributed by atoms with Crippen LogP contribution in [0.15, 0.2) is 29.2 Å². The van der Waals surface area contributed by atoms with Gasteiger partial charge in [0.1, 0.15) is 0 Å². The summed E-state index contributed by atoms with van der Waals surface area (Å²) in [5, 5.41) is 0. The van der Waals surface area contributed by atoms with Crippen molar-refractivity contribution in [1.29, 1.82) is 0 Å². The van der Waals surface area contributed by atoms with Crippen LogP contribution in [-0.2, 0) is 10.0 Å². The maximum atomic E-state index is 11.9. The molecular formula is C11H15F3N2O2S. The first-order valence-corrected chi connectivity index (χ1v) is 7.11. The molecule has 8 heteroatoms. The first kappa shape index (κ1) is 15.8. The number of nitrogen functional groups attached to an aromatic ring is 1. The molecule has 0 unspecified atom stereocenters. The minimum absolute atomic E-state index is 0.00308. The van der Waals surface area contributed by atoms with Crippen LogP contribution in [0.4, 0.5) is 18.9 Å². The molecule has 0 aliphatic rings. The second kappa shape index (κ2) is 6.25. The quantitative estimate of drug-likeness (QED) is 0.625. The topological polar surface area (TPSA) is 72.2 Å². The highest BCUT2D eigenvalue weighted by molar-refractivity contribution is 7.89. The van der Waals surface area contributed by atoms with E-state index in [-0.39, 0.29) is 24.3 Å². The molecule has 1 aromatic rings. The molecule has 1 rings (SSSR count). The molecule has 108 valence electrons. The smallest absolute Gasteiger partial charge is 0.389 e. The van der Waals surface area contributed by atoms with Crippen LogP contribution in [-0.4, -0.2) is 21.1 Å². The summed E-state index contributed by atoms with van der Waals surface area (Å²) in [5.41, 5.74) is 5.77. The molecule has 3 N–H and O–H groups in total. The highest BCUT2D eigenvalue weighted by Gasteiger charge is 2.25. The Labute approximate surface area is 109 Å². The molecule has 0 spiro atoms.